The molecule has 11 heteroatoms. The zero-order valence-corrected chi connectivity index (χ0v) is 13.6. The smallest absolute Gasteiger partial charge is 0.265 e. The van der Waals surface area contributed by atoms with Crippen molar-refractivity contribution in [3.63, 3.8) is 0 Å². The average Bonchev–Trinajstić information content (AvgIpc) is 2.50. The van der Waals surface area contributed by atoms with Crippen molar-refractivity contribution in [1.29, 1.82) is 0 Å². The predicted octanol–water partition coefficient (Wildman–Crippen LogP) is 1.98. The first kappa shape index (κ1) is 18.6. The van der Waals surface area contributed by atoms with E-state index in [1.54, 1.807) is 30.3 Å². The van der Waals surface area contributed by atoms with Crippen LogP contribution in [-0.2, 0) is 24.3 Å². The number of rotatable bonds is 6. The largest absolute Gasteiger partial charge is 0.511 e. The van der Waals surface area contributed by atoms with Crippen molar-refractivity contribution in [3.05, 3.63) is 42.5 Å². The molecule has 0 heterocycles. The first-order valence-corrected chi connectivity index (χ1v) is 9.36. The third kappa shape index (κ3) is 4.23. The number of hydrogen-bond donors (Lipinski definition) is 1. The van der Waals surface area contributed by atoms with Gasteiger partial charge in [0, 0.05) is 6.54 Å². The summed E-state index contributed by atoms with van der Waals surface area (Å²) in [5, 5.41) is 1.44. The Balaban J connectivity index is 2.03. The first-order valence-electron chi connectivity index (χ1n) is 6.47. The summed E-state index contributed by atoms with van der Waals surface area (Å²) in [5.41, 5.74) is -5.47. The van der Waals surface area contributed by atoms with Gasteiger partial charge in [0.25, 0.3) is 10.1 Å². The molecule has 132 valence electrons. The molecule has 0 aromatic heterocycles. The van der Waals surface area contributed by atoms with Gasteiger partial charge in [-0.05, 0) is 22.9 Å². The fourth-order valence-corrected chi connectivity index (χ4v) is 3.26. The maximum absolute atomic E-state index is 12.1. The molecule has 0 bridgehead atoms. The minimum absolute atomic E-state index is 0.181. The monoisotopic (exact) mass is 383 g/mol. The van der Waals surface area contributed by atoms with Gasteiger partial charge in [0.2, 0.25) is 0 Å². The van der Waals surface area contributed by atoms with E-state index in [-0.39, 0.29) is 4.90 Å². The molecule has 0 aliphatic carbocycles. The van der Waals surface area contributed by atoms with E-state index in [9.17, 15) is 30.0 Å². The summed E-state index contributed by atoms with van der Waals surface area (Å²) in [6.45, 7) is -1.61. The van der Waals surface area contributed by atoms with Gasteiger partial charge in [-0.1, -0.05) is 30.3 Å². The van der Waals surface area contributed by atoms with Crippen LogP contribution in [0.25, 0.3) is 10.8 Å². The van der Waals surface area contributed by atoms with E-state index in [0.29, 0.717) is 5.39 Å². The van der Waals surface area contributed by atoms with Crippen LogP contribution in [-0.4, -0.2) is 35.5 Å². The number of halogens is 3. The van der Waals surface area contributed by atoms with Crippen molar-refractivity contribution in [2.45, 2.75) is 10.4 Å². The summed E-state index contributed by atoms with van der Waals surface area (Å²) < 4.78 is 87.5. The molecule has 0 spiro atoms. The summed E-state index contributed by atoms with van der Waals surface area (Å²) in [6, 6.07) is 11.1. The molecule has 0 atom stereocenters. The highest BCUT2D eigenvalue weighted by Crippen LogP contribution is 2.22. The van der Waals surface area contributed by atoms with Crippen molar-refractivity contribution >= 4 is 30.9 Å². The molecule has 1 N–H and O–H groups in total. The quantitative estimate of drug-likeness (QED) is 0.609. The van der Waals surface area contributed by atoms with E-state index in [4.69, 9.17) is 0 Å². The topological polar surface area (TPSA) is 89.5 Å². The molecular weight excluding hydrogens is 371 g/mol. The Morgan fingerprint density at radius 1 is 0.958 bits per heavy atom. The lowest BCUT2D eigenvalue weighted by Gasteiger charge is -2.10. The number of sulfonamides is 1. The molecule has 0 saturated carbocycles. The highest BCUT2D eigenvalue weighted by Gasteiger charge is 2.45. The first-order chi connectivity index (χ1) is 11.0. The highest BCUT2D eigenvalue weighted by molar-refractivity contribution is 7.90. The van der Waals surface area contributed by atoms with Gasteiger partial charge in [-0.2, -0.15) is 21.6 Å². The summed E-state index contributed by atoms with van der Waals surface area (Å²) >= 11 is 0. The highest BCUT2D eigenvalue weighted by atomic mass is 32.2. The van der Waals surface area contributed by atoms with Crippen LogP contribution in [0, 0.1) is 0 Å². The van der Waals surface area contributed by atoms with Crippen LogP contribution >= 0.6 is 0 Å². The zero-order valence-electron chi connectivity index (χ0n) is 11.9. The molecule has 0 radical (unpaired) electrons. The van der Waals surface area contributed by atoms with Crippen LogP contribution in [0.2, 0.25) is 0 Å². The van der Waals surface area contributed by atoms with E-state index in [1.165, 1.54) is 16.9 Å². The third-order valence-electron chi connectivity index (χ3n) is 2.95. The van der Waals surface area contributed by atoms with Crippen LogP contribution in [0.4, 0.5) is 13.2 Å². The van der Waals surface area contributed by atoms with Gasteiger partial charge in [-0.25, -0.2) is 13.1 Å². The molecule has 2 aromatic carbocycles. The number of hydrogen-bond acceptors (Lipinski definition) is 5. The molecule has 2 aromatic rings. The fourth-order valence-electron chi connectivity index (χ4n) is 1.80. The molecule has 0 unspecified atom stereocenters. The number of fused-ring (bicyclic) bond motifs is 1. The van der Waals surface area contributed by atoms with Crippen LogP contribution < -0.4 is 4.72 Å². The Hall–Kier alpha value is -1.69. The Bertz CT molecular complexity index is 939. The molecule has 0 fully saturated rings. The van der Waals surface area contributed by atoms with E-state index in [2.05, 4.69) is 4.18 Å². The third-order valence-corrected chi connectivity index (χ3v) is 5.45. The SMILES string of the molecule is O=S(=O)(OCCNS(=O)(=O)C(F)(F)F)c1ccc2ccccc2c1. The lowest BCUT2D eigenvalue weighted by molar-refractivity contribution is -0.0448. The van der Waals surface area contributed by atoms with Crippen molar-refractivity contribution in [3.8, 4) is 0 Å². The number of alkyl halides is 3. The second-order valence-electron chi connectivity index (χ2n) is 4.63. The lowest BCUT2D eigenvalue weighted by Crippen LogP contribution is -2.38. The van der Waals surface area contributed by atoms with E-state index in [1.807, 2.05) is 0 Å². The molecule has 2 rings (SSSR count). The van der Waals surface area contributed by atoms with Crippen molar-refractivity contribution in [2.75, 3.05) is 13.2 Å². The second kappa shape index (κ2) is 6.67. The normalized spacial score (nSPS) is 13.3. The van der Waals surface area contributed by atoms with Crippen LogP contribution in [0.15, 0.2) is 47.4 Å². The van der Waals surface area contributed by atoms with Crippen molar-refractivity contribution < 1.29 is 34.2 Å². The summed E-state index contributed by atoms with van der Waals surface area (Å²) in [4.78, 5) is -0.181. The standard InChI is InChI=1S/C13H12F3NO5S2/c14-13(15,16)24(20,21)17-7-8-22-23(18,19)12-6-5-10-3-1-2-4-11(10)9-12/h1-6,9,17H,7-8H2. The summed E-state index contributed by atoms with van der Waals surface area (Å²) in [6.07, 6.45) is 0. The van der Waals surface area contributed by atoms with Gasteiger partial charge in [-0.3, -0.25) is 4.18 Å². The van der Waals surface area contributed by atoms with Gasteiger partial charge in [-0.15, -0.1) is 0 Å². The predicted molar refractivity (Wildman–Crippen MR) is 80.1 cm³/mol. The Morgan fingerprint density at radius 2 is 1.58 bits per heavy atom. The van der Waals surface area contributed by atoms with Crippen molar-refractivity contribution in [2.24, 2.45) is 0 Å². The van der Waals surface area contributed by atoms with Crippen molar-refractivity contribution in [1.82, 2.24) is 4.72 Å². The molecule has 0 aliphatic rings. The Kier molecular flexibility index (Phi) is 5.18. The second-order valence-corrected chi connectivity index (χ2v) is 8.00. The van der Waals surface area contributed by atoms with E-state index >= 15 is 0 Å². The Morgan fingerprint density at radius 3 is 2.21 bits per heavy atom. The van der Waals surface area contributed by atoms with Crippen LogP contribution in [0.1, 0.15) is 0 Å². The van der Waals surface area contributed by atoms with Gasteiger partial charge >= 0.3 is 15.5 Å². The maximum Gasteiger partial charge on any atom is 0.511 e. The minimum atomic E-state index is -5.53. The molecular formula is C13H12F3NO5S2. The van der Waals surface area contributed by atoms with Gasteiger partial charge < -0.3 is 0 Å². The minimum Gasteiger partial charge on any atom is -0.265 e. The zero-order chi connectivity index (χ0) is 18.0. The maximum atomic E-state index is 12.1. The Labute approximate surface area is 136 Å². The molecule has 24 heavy (non-hydrogen) atoms. The fraction of sp³-hybridized carbons (Fsp3) is 0.231. The lowest BCUT2D eigenvalue weighted by atomic mass is 10.1. The summed E-state index contributed by atoms with van der Waals surface area (Å²) in [5.74, 6) is 0. The molecule has 6 nitrogen and oxygen atoms in total. The average molecular weight is 383 g/mol. The molecule has 0 amide bonds. The van der Waals surface area contributed by atoms with Crippen LogP contribution in [0.5, 0.6) is 0 Å². The van der Waals surface area contributed by atoms with E-state index in [0.717, 1.165) is 5.39 Å². The number of benzene rings is 2. The van der Waals surface area contributed by atoms with E-state index < -0.39 is 38.8 Å². The number of nitrogens with one attached hydrogen (secondary N) is 1. The van der Waals surface area contributed by atoms with Gasteiger partial charge in [0.05, 0.1) is 11.5 Å². The van der Waals surface area contributed by atoms with Gasteiger partial charge in [0.1, 0.15) is 0 Å². The molecule has 0 aliphatic heterocycles. The summed E-state index contributed by atoms with van der Waals surface area (Å²) in [7, 11) is -9.75. The van der Waals surface area contributed by atoms with Crippen LogP contribution in [0.3, 0.4) is 0 Å². The van der Waals surface area contributed by atoms with Gasteiger partial charge in [0.15, 0.2) is 0 Å². The molecule has 0 saturated heterocycles.